The van der Waals surface area contributed by atoms with E-state index in [9.17, 15) is 9.90 Å². The smallest absolute Gasteiger partial charge is 0.261 e. The lowest BCUT2D eigenvalue weighted by atomic mass is 10.0. The van der Waals surface area contributed by atoms with E-state index in [1.807, 2.05) is 31.2 Å². The van der Waals surface area contributed by atoms with Gasteiger partial charge in [0.1, 0.15) is 17.1 Å². The van der Waals surface area contributed by atoms with Crippen molar-refractivity contribution in [2.24, 2.45) is 0 Å². The number of aryl methyl sites for hydroxylation is 1. The molecule has 1 aromatic heterocycles. The molecule has 1 aliphatic rings. The van der Waals surface area contributed by atoms with E-state index in [1.54, 1.807) is 24.4 Å². The fourth-order valence-corrected chi connectivity index (χ4v) is 3.68. The molecule has 0 bridgehead atoms. The summed E-state index contributed by atoms with van der Waals surface area (Å²) < 4.78 is 0. The van der Waals surface area contributed by atoms with E-state index in [2.05, 4.69) is 59.1 Å². The van der Waals surface area contributed by atoms with Crippen molar-refractivity contribution in [3.63, 3.8) is 0 Å². The summed E-state index contributed by atoms with van der Waals surface area (Å²) in [5.41, 5.74) is 5.27. The van der Waals surface area contributed by atoms with Gasteiger partial charge < -0.3 is 31.3 Å². The van der Waals surface area contributed by atoms with Crippen molar-refractivity contribution >= 4 is 34.5 Å². The van der Waals surface area contributed by atoms with E-state index in [1.165, 1.54) is 0 Å². The highest BCUT2D eigenvalue weighted by Crippen LogP contribution is 2.36. The van der Waals surface area contributed by atoms with Crippen LogP contribution in [0.1, 0.15) is 35.3 Å². The number of phenols is 1. The van der Waals surface area contributed by atoms with Crippen LogP contribution in [-0.4, -0.2) is 47.1 Å². The van der Waals surface area contributed by atoms with Crippen LogP contribution < -0.4 is 21.3 Å². The van der Waals surface area contributed by atoms with Crippen LogP contribution >= 0.6 is 0 Å². The highest BCUT2D eigenvalue weighted by molar-refractivity contribution is 6.15. The van der Waals surface area contributed by atoms with Crippen molar-refractivity contribution in [3.8, 4) is 5.75 Å². The first-order chi connectivity index (χ1) is 16.1. The number of nitrogens with one attached hydrogen (secondary N) is 4. The number of fused-ring (bicyclic) bond motifs is 2. The van der Waals surface area contributed by atoms with Gasteiger partial charge in [0, 0.05) is 36.6 Å². The average molecular weight is 461 g/mol. The molecule has 34 heavy (non-hydrogen) atoms. The van der Waals surface area contributed by atoms with Crippen LogP contribution in [0, 0.1) is 6.92 Å². The number of amides is 1. The summed E-state index contributed by atoms with van der Waals surface area (Å²) >= 11 is 0. The molecule has 178 valence electrons. The second kappa shape index (κ2) is 9.32. The Bertz CT molecular complexity index is 1220. The fourth-order valence-electron chi connectivity index (χ4n) is 3.68. The zero-order valence-corrected chi connectivity index (χ0v) is 20.3. The quantitative estimate of drug-likeness (QED) is 0.352. The van der Waals surface area contributed by atoms with Crippen molar-refractivity contribution in [1.82, 2.24) is 15.2 Å². The van der Waals surface area contributed by atoms with E-state index in [4.69, 9.17) is 0 Å². The third kappa shape index (κ3) is 4.98. The minimum Gasteiger partial charge on any atom is -0.508 e. The summed E-state index contributed by atoms with van der Waals surface area (Å²) in [6.45, 7) is 7.84. The van der Waals surface area contributed by atoms with Gasteiger partial charge in [0.2, 0.25) is 0 Å². The Kier molecular flexibility index (Phi) is 6.45. The van der Waals surface area contributed by atoms with Gasteiger partial charge in [-0.05, 0) is 70.3 Å². The van der Waals surface area contributed by atoms with Crippen LogP contribution in [0.15, 0.2) is 48.7 Å². The van der Waals surface area contributed by atoms with Gasteiger partial charge in [-0.2, -0.15) is 0 Å². The maximum absolute atomic E-state index is 13.3. The summed E-state index contributed by atoms with van der Waals surface area (Å²) in [7, 11) is 4.14. The Morgan fingerprint density at radius 2 is 1.82 bits per heavy atom. The average Bonchev–Trinajstić information content (AvgIpc) is 2.92. The molecular formula is C26H32N6O2. The normalized spacial score (nSPS) is 12.9. The fraction of sp³-hybridized carbons (Fsp3) is 0.308. The number of benzene rings is 2. The largest absolute Gasteiger partial charge is 0.508 e. The molecule has 2 heterocycles. The second-order valence-electron chi connectivity index (χ2n) is 9.48. The third-order valence-electron chi connectivity index (χ3n) is 6.35. The summed E-state index contributed by atoms with van der Waals surface area (Å²) in [5, 5.41) is 23.0. The van der Waals surface area contributed by atoms with Gasteiger partial charge in [0.25, 0.3) is 5.91 Å². The zero-order valence-electron chi connectivity index (χ0n) is 20.3. The second-order valence-corrected chi connectivity index (χ2v) is 9.48. The number of nitrogens with zero attached hydrogens (tertiary/aromatic N) is 2. The van der Waals surface area contributed by atoms with E-state index in [-0.39, 0.29) is 17.2 Å². The molecule has 8 heteroatoms. The minimum absolute atomic E-state index is 0.0338. The van der Waals surface area contributed by atoms with Gasteiger partial charge >= 0.3 is 0 Å². The van der Waals surface area contributed by atoms with Gasteiger partial charge in [-0.3, -0.25) is 4.79 Å². The van der Waals surface area contributed by atoms with Crippen molar-refractivity contribution in [1.29, 1.82) is 0 Å². The molecular weight excluding hydrogens is 428 g/mol. The standard InChI is InChI=1S/C26H32N6O2/c1-16-6-8-18(33)13-21(16)29-20-10-11-28-24-23(20)25(34)31-22-12-17(7-9-19(22)30-24)14-27-15-26(2,3)32(4)5/h6-13,27,33H,14-15H2,1-5H3,(H,31,34)(H2,28,29,30). The van der Waals surface area contributed by atoms with Gasteiger partial charge in [0.15, 0.2) is 0 Å². The Morgan fingerprint density at radius 1 is 1.03 bits per heavy atom. The number of aromatic nitrogens is 1. The van der Waals surface area contributed by atoms with Crippen molar-refractivity contribution < 1.29 is 9.90 Å². The van der Waals surface area contributed by atoms with Crippen LogP contribution in [0.25, 0.3) is 0 Å². The maximum Gasteiger partial charge on any atom is 0.261 e. The molecule has 0 saturated carbocycles. The van der Waals surface area contributed by atoms with Crippen LogP contribution in [0.3, 0.4) is 0 Å². The molecule has 0 aliphatic carbocycles. The molecule has 5 N–H and O–H groups in total. The van der Waals surface area contributed by atoms with Gasteiger partial charge in [-0.25, -0.2) is 4.98 Å². The lowest BCUT2D eigenvalue weighted by molar-refractivity contribution is 0.102. The molecule has 4 rings (SSSR count). The lowest BCUT2D eigenvalue weighted by Crippen LogP contribution is -2.46. The summed E-state index contributed by atoms with van der Waals surface area (Å²) in [4.78, 5) is 19.9. The number of likely N-dealkylation sites (N-methyl/N-ethyl adjacent to an activating group) is 1. The summed E-state index contributed by atoms with van der Waals surface area (Å²) in [6, 6.07) is 12.8. The number of hydrogen-bond donors (Lipinski definition) is 5. The van der Waals surface area contributed by atoms with Crippen LogP contribution in [0.4, 0.5) is 28.6 Å². The van der Waals surface area contributed by atoms with Crippen LogP contribution in [0.5, 0.6) is 5.75 Å². The topological polar surface area (TPSA) is 102 Å². The number of hydrogen-bond acceptors (Lipinski definition) is 7. The molecule has 1 aliphatic heterocycles. The van der Waals surface area contributed by atoms with Gasteiger partial charge in [0.05, 0.1) is 17.1 Å². The van der Waals surface area contributed by atoms with Crippen molar-refractivity contribution in [3.05, 3.63) is 65.4 Å². The first-order valence-electron chi connectivity index (χ1n) is 11.3. The Balaban J connectivity index is 1.56. The molecule has 3 aromatic rings. The SMILES string of the molecule is Cc1ccc(O)cc1Nc1ccnc2c1C(=O)Nc1cc(CNCC(C)(C)N(C)C)ccc1N2. The number of phenolic OH excluding ortho intramolecular Hbond substituents is 1. The predicted molar refractivity (Wildman–Crippen MR) is 138 cm³/mol. The van der Waals surface area contributed by atoms with Gasteiger partial charge in [-0.15, -0.1) is 0 Å². The highest BCUT2D eigenvalue weighted by atomic mass is 16.3. The van der Waals surface area contributed by atoms with Crippen LogP contribution in [-0.2, 0) is 6.54 Å². The molecule has 0 atom stereocenters. The number of carbonyl (C=O) groups is 1. The Morgan fingerprint density at radius 3 is 2.59 bits per heavy atom. The molecule has 0 radical (unpaired) electrons. The molecule has 0 spiro atoms. The first kappa shape index (κ1) is 23.5. The lowest BCUT2D eigenvalue weighted by Gasteiger charge is -2.32. The van der Waals surface area contributed by atoms with Crippen molar-refractivity contribution in [2.45, 2.75) is 32.9 Å². The number of carbonyl (C=O) groups excluding carboxylic acids is 1. The monoisotopic (exact) mass is 460 g/mol. The van der Waals surface area contributed by atoms with E-state index in [0.29, 0.717) is 29.3 Å². The molecule has 0 fully saturated rings. The van der Waals surface area contributed by atoms with Gasteiger partial charge in [-0.1, -0.05) is 12.1 Å². The number of anilines is 5. The number of aromatic hydroxyl groups is 1. The molecule has 0 saturated heterocycles. The number of pyridine rings is 1. The van der Waals surface area contributed by atoms with Crippen LogP contribution in [0.2, 0.25) is 0 Å². The van der Waals surface area contributed by atoms with E-state index in [0.717, 1.165) is 29.0 Å². The maximum atomic E-state index is 13.3. The Hall–Kier alpha value is -3.62. The first-order valence-corrected chi connectivity index (χ1v) is 11.3. The third-order valence-corrected chi connectivity index (χ3v) is 6.35. The minimum atomic E-state index is -0.256. The van der Waals surface area contributed by atoms with E-state index < -0.39 is 0 Å². The zero-order chi connectivity index (χ0) is 24.5. The van der Waals surface area contributed by atoms with Crippen molar-refractivity contribution in [2.75, 3.05) is 36.6 Å². The highest BCUT2D eigenvalue weighted by Gasteiger charge is 2.24. The number of rotatable bonds is 7. The molecule has 8 nitrogen and oxygen atoms in total. The summed E-state index contributed by atoms with van der Waals surface area (Å²) in [6.07, 6.45) is 1.65. The molecule has 0 unspecified atom stereocenters. The van der Waals surface area contributed by atoms with E-state index >= 15 is 0 Å². The Labute approximate surface area is 200 Å². The predicted octanol–water partition coefficient (Wildman–Crippen LogP) is 4.58. The summed E-state index contributed by atoms with van der Waals surface area (Å²) in [5.74, 6) is 0.365. The molecule has 2 aromatic carbocycles. The molecule has 1 amide bonds.